The van der Waals surface area contributed by atoms with Crippen LogP contribution in [0.1, 0.15) is 14.9 Å². The van der Waals surface area contributed by atoms with Crippen molar-refractivity contribution >= 4 is 0 Å². The summed E-state index contributed by atoms with van der Waals surface area (Å²) in [6.07, 6.45) is -16.8. The first kappa shape index (κ1) is 33.4. The SMILES string of the molecule is C.C.NC1C(OC2C(CO)OC(OC3C(CO)OC(O)C(N)C3O)C(N)C2O)OC(CO)C(O)C1O. The third kappa shape index (κ3) is 6.49. The fourth-order valence-corrected chi connectivity index (χ4v) is 4.18. The Kier molecular flexibility index (Phi) is 12.9. The predicted octanol–water partition coefficient (Wildman–Crippen LogP) is -6.40. The summed E-state index contributed by atoms with van der Waals surface area (Å²) < 4.78 is 27.4. The Morgan fingerprint density at radius 2 is 0.917 bits per heavy atom. The first-order valence-corrected chi connectivity index (χ1v) is 10.8. The molecule has 3 heterocycles. The van der Waals surface area contributed by atoms with Crippen molar-refractivity contribution in [2.24, 2.45) is 17.2 Å². The van der Waals surface area contributed by atoms with Gasteiger partial charge in [-0.15, -0.1) is 0 Å². The maximum atomic E-state index is 10.8. The van der Waals surface area contributed by atoms with Crippen LogP contribution in [0.15, 0.2) is 0 Å². The molecule has 15 atom stereocenters. The fourth-order valence-electron chi connectivity index (χ4n) is 4.18. The second kappa shape index (κ2) is 13.9. The molecule has 3 aliphatic heterocycles. The normalized spacial score (nSPS) is 49.6. The molecular weight excluding hydrogens is 490 g/mol. The second-order valence-corrected chi connectivity index (χ2v) is 8.59. The van der Waals surface area contributed by atoms with Crippen molar-refractivity contribution in [3.63, 3.8) is 0 Å². The van der Waals surface area contributed by atoms with Gasteiger partial charge in [-0.3, -0.25) is 0 Å². The molecule has 14 N–H and O–H groups in total. The van der Waals surface area contributed by atoms with Gasteiger partial charge in [0.2, 0.25) is 0 Å². The molecule has 15 unspecified atom stereocenters. The monoisotopic (exact) mass is 533 g/mol. The van der Waals surface area contributed by atoms with Crippen LogP contribution in [0.2, 0.25) is 0 Å². The van der Waals surface area contributed by atoms with E-state index in [0.717, 1.165) is 0 Å². The van der Waals surface area contributed by atoms with Gasteiger partial charge in [0.25, 0.3) is 0 Å². The van der Waals surface area contributed by atoms with Gasteiger partial charge in [0.1, 0.15) is 54.9 Å². The average Bonchev–Trinajstić information content (AvgIpc) is 2.83. The molecule has 3 aliphatic rings. The number of nitrogens with two attached hydrogens (primary N) is 3. The summed E-state index contributed by atoms with van der Waals surface area (Å²) in [5.41, 5.74) is 17.6. The van der Waals surface area contributed by atoms with Gasteiger partial charge in [-0.05, 0) is 0 Å². The molecule has 3 fully saturated rings. The summed E-state index contributed by atoms with van der Waals surface area (Å²) in [4.78, 5) is 0. The summed E-state index contributed by atoms with van der Waals surface area (Å²) in [6.45, 7) is -2.00. The third-order valence-corrected chi connectivity index (χ3v) is 6.33. The van der Waals surface area contributed by atoms with Gasteiger partial charge in [-0.1, -0.05) is 14.9 Å². The smallest absolute Gasteiger partial charge is 0.176 e. The molecule has 36 heavy (non-hydrogen) atoms. The maximum absolute atomic E-state index is 10.8. The standard InChI is InChI=1S/C18H35N3O13.2CH4/c19-7-12(27)14(5(2-23)30-16(7)29)33-18-9(21)13(28)15(6(3-24)32-18)34-17-8(20)11(26)10(25)4(1-22)31-17;;/h4-18,22-29H,1-3,19-21H2;2*1H4. The minimum absolute atomic E-state index is 0. The van der Waals surface area contributed by atoms with E-state index in [1.807, 2.05) is 0 Å². The Labute approximate surface area is 209 Å². The molecule has 16 nitrogen and oxygen atoms in total. The lowest BCUT2D eigenvalue weighted by Gasteiger charge is -2.48. The van der Waals surface area contributed by atoms with Crippen LogP contribution in [0.25, 0.3) is 0 Å². The van der Waals surface area contributed by atoms with E-state index in [9.17, 15) is 40.9 Å². The van der Waals surface area contributed by atoms with Crippen molar-refractivity contribution in [1.82, 2.24) is 0 Å². The van der Waals surface area contributed by atoms with E-state index in [1.165, 1.54) is 0 Å². The van der Waals surface area contributed by atoms with Crippen LogP contribution in [0, 0.1) is 0 Å². The van der Waals surface area contributed by atoms with Gasteiger partial charge in [0.05, 0.1) is 37.9 Å². The Morgan fingerprint density at radius 3 is 1.39 bits per heavy atom. The van der Waals surface area contributed by atoms with Crippen LogP contribution in [0.3, 0.4) is 0 Å². The lowest BCUT2D eigenvalue weighted by molar-refractivity contribution is -0.348. The molecule has 216 valence electrons. The van der Waals surface area contributed by atoms with Crippen molar-refractivity contribution in [3.05, 3.63) is 0 Å². The minimum Gasteiger partial charge on any atom is -0.394 e. The maximum Gasteiger partial charge on any atom is 0.176 e. The number of ether oxygens (including phenoxy) is 5. The van der Waals surface area contributed by atoms with E-state index in [2.05, 4.69) is 0 Å². The molecular formula is C20H43N3O13. The molecule has 0 aliphatic carbocycles. The van der Waals surface area contributed by atoms with Crippen molar-refractivity contribution in [3.8, 4) is 0 Å². The van der Waals surface area contributed by atoms with Gasteiger partial charge >= 0.3 is 0 Å². The first-order chi connectivity index (χ1) is 16.0. The molecule has 16 heteroatoms. The Morgan fingerprint density at radius 1 is 0.528 bits per heavy atom. The Hall–Kier alpha value is -0.640. The first-order valence-electron chi connectivity index (χ1n) is 10.8. The van der Waals surface area contributed by atoms with Crippen molar-refractivity contribution < 1.29 is 64.5 Å². The van der Waals surface area contributed by atoms with Gasteiger partial charge in [0.15, 0.2) is 18.9 Å². The molecule has 0 spiro atoms. The molecule has 0 aromatic rings. The number of hydrogen-bond donors (Lipinski definition) is 11. The summed E-state index contributed by atoms with van der Waals surface area (Å²) in [7, 11) is 0. The van der Waals surface area contributed by atoms with E-state index in [4.69, 9.17) is 40.9 Å². The highest BCUT2D eigenvalue weighted by molar-refractivity contribution is 4.98. The zero-order chi connectivity index (χ0) is 25.3. The van der Waals surface area contributed by atoms with E-state index in [-0.39, 0.29) is 14.9 Å². The van der Waals surface area contributed by atoms with Gasteiger partial charge in [-0.2, -0.15) is 0 Å². The predicted molar refractivity (Wildman–Crippen MR) is 121 cm³/mol. The molecule has 0 radical (unpaired) electrons. The molecule has 0 bridgehead atoms. The third-order valence-electron chi connectivity index (χ3n) is 6.33. The topological polar surface area (TPSA) is 286 Å². The van der Waals surface area contributed by atoms with E-state index < -0.39 is 112 Å². The number of hydrogen-bond acceptors (Lipinski definition) is 16. The zero-order valence-electron chi connectivity index (χ0n) is 18.1. The highest BCUT2D eigenvalue weighted by atomic mass is 16.7. The van der Waals surface area contributed by atoms with Gasteiger partial charge in [-0.25, -0.2) is 0 Å². The summed E-state index contributed by atoms with van der Waals surface area (Å²) in [5.74, 6) is 0. The van der Waals surface area contributed by atoms with Crippen LogP contribution in [-0.4, -0.2) is 153 Å². The molecule has 3 saturated heterocycles. The minimum atomic E-state index is -1.56. The van der Waals surface area contributed by atoms with E-state index >= 15 is 0 Å². The summed E-state index contributed by atoms with van der Waals surface area (Å²) in [6, 6.07) is -3.87. The van der Waals surface area contributed by atoms with Crippen molar-refractivity contribution in [2.75, 3.05) is 19.8 Å². The summed E-state index contributed by atoms with van der Waals surface area (Å²) >= 11 is 0. The van der Waals surface area contributed by atoms with E-state index in [1.54, 1.807) is 0 Å². The Bertz CT molecular complexity index is 648. The lowest BCUT2D eigenvalue weighted by atomic mass is 9.94. The molecule has 0 aromatic heterocycles. The Balaban J connectivity index is 0.00000324. The highest BCUT2D eigenvalue weighted by Gasteiger charge is 2.52. The average molecular weight is 534 g/mol. The van der Waals surface area contributed by atoms with Crippen molar-refractivity contribution in [1.29, 1.82) is 0 Å². The number of aliphatic hydroxyl groups excluding tert-OH is 8. The quantitative estimate of drug-likeness (QED) is 0.145. The molecule has 3 rings (SSSR count). The van der Waals surface area contributed by atoms with E-state index in [0.29, 0.717) is 0 Å². The van der Waals surface area contributed by atoms with Crippen LogP contribution in [-0.2, 0) is 23.7 Å². The van der Waals surface area contributed by atoms with Crippen LogP contribution >= 0.6 is 0 Å². The molecule has 0 amide bonds. The van der Waals surface area contributed by atoms with Crippen LogP contribution in [0.5, 0.6) is 0 Å². The molecule has 0 saturated carbocycles. The van der Waals surface area contributed by atoms with Crippen LogP contribution < -0.4 is 17.2 Å². The summed E-state index contributed by atoms with van der Waals surface area (Å²) in [5, 5.41) is 79.6. The largest absolute Gasteiger partial charge is 0.394 e. The fraction of sp³-hybridized carbons (Fsp3) is 1.00. The number of aliphatic hydroxyl groups is 8. The highest BCUT2D eigenvalue weighted by Crippen LogP contribution is 2.30. The zero-order valence-corrected chi connectivity index (χ0v) is 18.1. The molecule has 0 aromatic carbocycles. The number of rotatable bonds is 7. The second-order valence-electron chi connectivity index (χ2n) is 8.59. The van der Waals surface area contributed by atoms with Gasteiger partial charge < -0.3 is 81.7 Å². The van der Waals surface area contributed by atoms with Gasteiger partial charge in [0, 0.05) is 0 Å². The van der Waals surface area contributed by atoms with Crippen molar-refractivity contribution in [2.45, 2.75) is 107 Å². The lowest BCUT2D eigenvalue weighted by Crippen LogP contribution is -2.69. The van der Waals surface area contributed by atoms with Crippen LogP contribution in [0.4, 0.5) is 0 Å².